The highest BCUT2D eigenvalue weighted by molar-refractivity contribution is 6.20. The molecule has 3 aromatic carbocycles. The molecule has 0 fully saturated rings. The van der Waals surface area contributed by atoms with E-state index in [4.69, 9.17) is 15.6 Å². The number of ether oxygens (including phenoxy) is 1. The molecule has 0 atom stereocenters. The van der Waals surface area contributed by atoms with Gasteiger partial charge in [0.25, 0.3) is 0 Å². The number of halogens is 7. The summed E-state index contributed by atoms with van der Waals surface area (Å²) in [6, 6.07) is 6.95. The number of fused-ring (bicyclic) bond motifs is 3. The van der Waals surface area contributed by atoms with Gasteiger partial charge in [0.2, 0.25) is 5.91 Å². The van der Waals surface area contributed by atoms with Crippen LogP contribution in [0.25, 0.3) is 21.8 Å². The predicted octanol–water partition coefficient (Wildman–Crippen LogP) is 5.58. The standard InChI is InChI=1S/C24H15F7N2O4/c25-14-5-11(4-12(6-14)23(26,27)28)9-33-16-3-1-2-15(22(32)36)20(16)21-17(33)7-13(24(29,30)31)8-18(21)37-10-19(34)35/h1-8H,9-10H2,(H2,32,36)(H,34,35). The van der Waals surface area contributed by atoms with Crippen LogP contribution >= 0.6 is 0 Å². The predicted molar refractivity (Wildman–Crippen MR) is 117 cm³/mol. The highest BCUT2D eigenvalue weighted by atomic mass is 19.4. The van der Waals surface area contributed by atoms with Gasteiger partial charge in [-0.15, -0.1) is 0 Å². The van der Waals surface area contributed by atoms with Crippen LogP contribution in [0, 0.1) is 5.82 Å². The SMILES string of the molecule is NC(=O)c1cccc2c1c1c(OCC(=O)O)cc(C(F)(F)F)cc1n2Cc1cc(F)cc(C(F)(F)F)c1. The second kappa shape index (κ2) is 8.98. The van der Waals surface area contributed by atoms with Gasteiger partial charge in [-0.3, -0.25) is 4.79 Å². The van der Waals surface area contributed by atoms with E-state index in [2.05, 4.69) is 0 Å². The molecule has 0 radical (unpaired) electrons. The number of nitrogens with zero attached hydrogens (tertiary/aromatic N) is 1. The number of carboxylic acids is 1. The summed E-state index contributed by atoms with van der Waals surface area (Å²) >= 11 is 0. The Morgan fingerprint density at radius 1 is 0.892 bits per heavy atom. The minimum atomic E-state index is -4.92. The van der Waals surface area contributed by atoms with Crippen LogP contribution in [-0.2, 0) is 23.7 Å². The highest BCUT2D eigenvalue weighted by Gasteiger charge is 2.34. The van der Waals surface area contributed by atoms with Gasteiger partial charge >= 0.3 is 18.3 Å². The van der Waals surface area contributed by atoms with Gasteiger partial charge in [-0.25, -0.2) is 9.18 Å². The Morgan fingerprint density at radius 2 is 1.54 bits per heavy atom. The first kappa shape index (κ1) is 25.8. The second-order valence-electron chi connectivity index (χ2n) is 8.04. The first-order chi connectivity index (χ1) is 17.2. The number of carbonyl (C=O) groups excluding carboxylic acids is 1. The molecule has 1 heterocycles. The van der Waals surface area contributed by atoms with Crippen molar-refractivity contribution in [3.05, 3.63) is 76.6 Å². The Balaban J connectivity index is 2.09. The molecule has 0 unspecified atom stereocenters. The summed E-state index contributed by atoms with van der Waals surface area (Å²) in [5, 5.41) is 8.87. The summed E-state index contributed by atoms with van der Waals surface area (Å²) in [5.41, 5.74) is 2.33. The van der Waals surface area contributed by atoms with Crippen LogP contribution < -0.4 is 10.5 Å². The normalized spacial score (nSPS) is 12.3. The van der Waals surface area contributed by atoms with E-state index in [0.29, 0.717) is 18.2 Å². The number of hydrogen-bond donors (Lipinski definition) is 2. The van der Waals surface area contributed by atoms with Crippen molar-refractivity contribution in [2.45, 2.75) is 18.9 Å². The molecular formula is C24H15F7N2O4. The number of nitrogens with two attached hydrogens (primary N) is 1. The fourth-order valence-corrected chi connectivity index (χ4v) is 4.10. The van der Waals surface area contributed by atoms with E-state index in [1.165, 1.54) is 18.2 Å². The Kier molecular flexibility index (Phi) is 6.26. The summed E-state index contributed by atoms with van der Waals surface area (Å²) in [5.74, 6) is -4.23. The number of alkyl halides is 6. The zero-order chi connectivity index (χ0) is 27.3. The molecule has 0 aliphatic carbocycles. The monoisotopic (exact) mass is 528 g/mol. The van der Waals surface area contributed by atoms with E-state index in [-0.39, 0.29) is 39.0 Å². The largest absolute Gasteiger partial charge is 0.481 e. The number of rotatable bonds is 6. The quantitative estimate of drug-likeness (QED) is 0.320. The molecule has 0 spiro atoms. The fourth-order valence-electron chi connectivity index (χ4n) is 4.10. The van der Waals surface area contributed by atoms with Crippen LogP contribution in [0.1, 0.15) is 27.0 Å². The topological polar surface area (TPSA) is 94.6 Å². The van der Waals surface area contributed by atoms with Gasteiger partial charge in [0.05, 0.1) is 27.5 Å². The number of amides is 1. The molecular weight excluding hydrogens is 513 g/mol. The molecule has 0 saturated heterocycles. The van der Waals surface area contributed by atoms with E-state index in [1.54, 1.807) is 0 Å². The third-order valence-electron chi connectivity index (χ3n) is 5.52. The summed E-state index contributed by atoms with van der Waals surface area (Å²) < 4.78 is 101. The number of carbonyl (C=O) groups is 2. The highest BCUT2D eigenvalue weighted by Crippen LogP contribution is 2.43. The average molecular weight is 528 g/mol. The zero-order valence-corrected chi connectivity index (χ0v) is 18.4. The summed E-state index contributed by atoms with van der Waals surface area (Å²) in [6.45, 7) is -1.57. The Hall–Kier alpha value is -4.29. The molecule has 13 heteroatoms. The minimum absolute atomic E-state index is 0.00781. The van der Waals surface area contributed by atoms with Gasteiger partial charge in [-0.2, -0.15) is 26.3 Å². The van der Waals surface area contributed by atoms with Crippen LogP contribution in [0.3, 0.4) is 0 Å². The minimum Gasteiger partial charge on any atom is -0.481 e. The van der Waals surface area contributed by atoms with Crippen molar-refractivity contribution in [1.82, 2.24) is 4.57 Å². The molecule has 0 aliphatic heterocycles. The first-order valence-electron chi connectivity index (χ1n) is 10.3. The first-order valence-corrected chi connectivity index (χ1v) is 10.3. The van der Waals surface area contributed by atoms with E-state index >= 15 is 0 Å². The molecule has 6 nitrogen and oxygen atoms in total. The van der Waals surface area contributed by atoms with Gasteiger partial charge in [-0.05, 0) is 48.0 Å². The smallest absolute Gasteiger partial charge is 0.416 e. The molecule has 194 valence electrons. The van der Waals surface area contributed by atoms with Crippen molar-refractivity contribution in [2.75, 3.05) is 6.61 Å². The lowest BCUT2D eigenvalue weighted by atomic mass is 10.0. The van der Waals surface area contributed by atoms with Crippen molar-refractivity contribution < 1.29 is 50.2 Å². The van der Waals surface area contributed by atoms with Crippen LogP contribution in [0.15, 0.2) is 48.5 Å². The molecule has 0 bridgehead atoms. The third-order valence-corrected chi connectivity index (χ3v) is 5.52. The second-order valence-corrected chi connectivity index (χ2v) is 8.04. The Labute approximate surface area is 202 Å². The molecule has 4 rings (SSSR count). The summed E-state index contributed by atoms with van der Waals surface area (Å²) in [4.78, 5) is 23.2. The Morgan fingerprint density at radius 3 is 2.14 bits per heavy atom. The molecule has 3 N–H and O–H groups in total. The number of carboxylic acid groups (broad SMARTS) is 1. The van der Waals surface area contributed by atoms with Gasteiger partial charge in [-0.1, -0.05) is 6.07 Å². The summed E-state index contributed by atoms with van der Waals surface area (Å²) in [6.07, 6.45) is -9.82. The van der Waals surface area contributed by atoms with Gasteiger partial charge in [0.15, 0.2) is 6.61 Å². The lowest BCUT2D eigenvalue weighted by molar-refractivity contribution is -0.139. The number of hydrogen-bond acceptors (Lipinski definition) is 3. The molecule has 0 saturated carbocycles. The van der Waals surface area contributed by atoms with Gasteiger partial charge < -0.3 is 20.1 Å². The maximum atomic E-state index is 14.1. The maximum absolute atomic E-state index is 14.1. The molecule has 4 aromatic rings. The molecule has 1 amide bonds. The van der Waals surface area contributed by atoms with Crippen LogP contribution in [0.5, 0.6) is 5.75 Å². The zero-order valence-electron chi connectivity index (χ0n) is 18.4. The number of benzene rings is 3. The van der Waals surface area contributed by atoms with Gasteiger partial charge in [0, 0.05) is 17.5 Å². The van der Waals surface area contributed by atoms with E-state index in [1.807, 2.05) is 0 Å². The van der Waals surface area contributed by atoms with E-state index < -0.39 is 60.1 Å². The number of aliphatic carboxylic acids is 1. The van der Waals surface area contributed by atoms with Crippen molar-refractivity contribution in [2.24, 2.45) is 5.73 Å². The summed E-state index contributed by atoms with van der Waals surface area (Å²) in [7, 11) is 0. The average Bonchev–Trinajstić information content (AvgIpc) is 3.09. The lowest BCUT2D eigenvalue weighted by Crippen LogP contribution is -2.12. The van der Waals surface area contributed by atoms with Crippen molar-refractivity contribution in [1.29, 1.82) is 0 Å². The van der Waals surface area contributed by atoms with Crippen LogP contribution in [0.4, 0.5) is 30.7 Å². The van der Waals surface area contributed by atoms with Crippen molar-refractivity contribution in [3.8, 4) is 5.75 Å². The number of primary amides is 1. The maximum Gasteiger partial charge on any atom is 0.416 e. The van der Waals surface area contributed by atoms with Crippen LogP contribution in [0.2, 0.25) is 0 Å². The van der Waals surface area contributed by atoms with Gasteiger partial charge in [0.1, 0.15) is 11.6 Å². The van der Waals surface area contributed by atoms with Crippen molar-refractivity contribution >= 4 is 33.7 Å². The van der Waals surface area contributed by atoms with Crippen molar-refractivity contribution in [3.63, 3.8) is 0 Å². The molecule has 0 aliphatic rings. The molecule has 1 aromatic heterocycles. The molecule has 37 heavy (non-hydrogen) atoms. The van der Waals surface area contributed by atoms with E-state index in [0.717, 1.165) is 10.6 Å². The lowest BCUT2D eigenvalue weighted by Gasteiger charge is -2.14. The van der Waals surface area contributed by atoms with E-state index in [9.17, 15) is 40.3 Å². The Bertz CT molecular complexity index is 1560. The fraction of sp³-hybridized carbons (Fsp3) is 0.167. The third kappa shape index (κ3) is 5.01. The van der Waals surface area contributed by atoms with Crippen LogP contribution in [-0.4, -0.2) is 28.2 Å². The number of aromatic nitrogens is 1.